The zero-order valence-electron chi connectivity index (χ0n) is 11.8. The molecule has 5 heteroatoms. The molecule has 2 rings (SSSR count). The lowest BCUT2D eigenvalue weighted by Crippen LogP contribution is -2.34. The predicted octanol–water partition coefficient (Wildman–Crippen LogP) is 2.35. The average Bonchev–Trinajstić information content (AvgIpc) is 2.40. The van der Waals surface area contributed by atoms with Crippen LogP contribution < -0.4 is 16.8 Å². The van der Waals surface area contributed by atoms with Crippen LogP contribution in [-0.4, -0.2) is 11.9 Å². The number of benzene rings is 2. The number of rotatable bonds is 4. The first kappa shape index (κ1) is 14.8. The summed E-state index contributed by atoms with van der Waals surface area (Å²) in [4.78, 5) is 12.1. The van der Waals surface area contributed by atoms with Crippen molar-refractivity contribution in [1.29, 1.82) is 0 Å². The van der Waals surface area contributed by atoms with E-state index in [1.807, 2.05) is 6.92 Å². The molecule has 0 aliphatic rings. The molecule has 1 atom stereocenters. The summed E-state index contributed by atoms with van der Waals surface area (Å²) in [6, 6.07) is 10.9. The van der Waals surface area contributed by atoms with Crippen molar-refractivity contribution in [3.05, 3.63) is 59.4 Å². The van der Waals surface area contributed by atoms with Gasteiger partial charge in [0.05, 0.1) is 0 Å². The Morgan fingerprint density at radius 1 is 1.14 bits per heavy atom. The standard InChI is InChI=1S/C16H18FN3O/c1-10(6-11-2-4-13(17)5-3-11)20-16(21)12-7-14(18)9-15(19)8-12/h2-5,7-10H,6,18-19H2,1H3,(H,20,21). The van der Waals surface area contributed by atoms with Gasteiger partial charge < -0.3 is 16.8 Å². The first-order chi connectivity index (χ1) is 9.94. The van der Waals surface area contributed by atoms with Crippen LogP contribution in [0.3, 0.4) is 0 Å². The molecule has 21 heavy (non-hydrogen) atoms. The molecule has 1 unspecified atom stereocenters. The molecule has 0 aliphatic carbocycles. The summed E-state index contributed by atoms with van der Waals surface area (Å²) in [5.74, 6) is -0.505. The van der Waals surface area contributed by atoms with Gasteiger partial charge in [-0.15, -0.1) is 0 Å². The van der Waals surface area contributed by atoms with Gasteiger partial charge in [-0.3, -0.25) is 4.79 Å². The van der Waals surface area contributed by atoms with Crippen LogP contribution in [0.15, 0.2) is 42.5 Å². The zero-order chi connectivity index (χ0) is 15.4. The van der Waals surface area contributed by atoms with E-state index in [2.05, 4.69) is 5.32 Å². The molecule has 110 valence electrons. The van der Waals surface area contributed by atoms with Crippen molar-refractivity contribution in [3.8, 4) is 0 Å². The topological polar surface area (TPSA) is 81.1 Å². The van der Waals surface area contributed by atoms with Crippen LogP contribution in [0.25, 0.3) is 0 Å². The highest BCUT2D eigenvalue weighted by Gasteiger charge is 2.11. The number of halogens is 1. The zero-order valence-corrected chi connectivity index (χ0v) is 11.8. The smallest absolute Gasteiger partial charge is 0.251 e. The number of nitrogens with one attached hydrogen (secondary N) is 1. The van der Waals surface area contributed by atoms with Gasteiger partial charge in [-0.2, -0.15) is 0 Å². The van der Waals surface area contributed by atoms with Crippen molar-refractivity contribution in [3.63, 3.8) is 0 Å². The maximum Gasteiger partial charge on any atom is 0.251 e. The molecule has 0 aliphatic heterocycles. The van der Waals surface area contributed by atoms with Gasteiger partial charge in [0.2, 0.25) is 0 Å². The highest BCUT2D eigenvalue weighted by molar-refractivity contribution is 5.96. The van der Waals surface area contributed by atoms with Crippen molar-refractivity contribution in [2.45, 2.75) is 19.4 Å². The Hall–Kier alpha value is -2.56. The first-order valence-electron chi connectivity index (χ1n) is 6.65. The van der Waals surface area contributed by atoms with E-state index >= 15 is 0 Å². The third-order valence-electron chi connectivity index (χ3n) is 3.07. The van der Waals surface area contributed by atoms with E-state index in [1.165, 1.54) is 12.1 Å². The summed E-state index contributed by atoms with van der Waals surface area (Å²) in [6.45, 7) is 1.89. The van der Waals surface area contributed by atoms with Crippen LogP contribution in [0.5, 0.6) is 0 Å². The molecule has 0 radical (unpaired) electrons. The van der Waals surface area contributed by atoms with Crippen LogP contribution in [0.1, 0.15) is 22.8 Å². The maximum atomic E-state index is 12.8. The van der Waals surface area contributed by atoms with Gasteiger partial charge in [-0.1, -0.05) is 12.1 Å². The highest BCUT2D eigenvalue weighted by atomic mass is 19.1. The Morgan fingerprint density at radius 3 is 2.29 bits per heavy atom. The predicted molar refractivity (Wildman–Crippen MR) is 82.3 cm³/mol. The van der Waals surface area contributed by atoms with Gasteiger partial charge in [0.1, 0.15) is 5.82 Å². The summed E-state index contributed by atoms with van der Waals surface area (Å²) in [5, 5.41) is 2.87. The first-order valence-corrected chi connectivity index (χ1v) is 6.65. The molecular weight excluding hydrogens is 269 g/mol. The number of nitrogens with two attached hydrogens (primary N) is 2. The summed E-state index contributed by atoms with van der Waals surface area (Å²) >= 11 is 0. The molecule has 0 spiro atoms. The van der Waals surface area contributed by atoms with E-state index in [4.69, 9.17) is 11.5 Å². The van der Waals surface area contributed by atoms with Gasteiger partial charge in [0.25, 0.3) is 5.91 Å². The number of carbonyl (C=O) groups excluding carboxylic acids is 1. The van der Waals surface area contributed by atoms with Gasteiger partial charge in [-0.25, -0.2) is 4.39 Å². The summed E-state index contributed by atoms with van der Waals surface area (Å²) < 4.78 is 12.8. The van der Waals surface area contributed by atoms with E-state index < -0.39 is 0 Å². The minimum absolute atomic E-state index is 0.0920. The molecule has 0 saturated carbocycles. The van der Waals surface area contributed by atoms with Crippen molar-refractivity contribution < 1.29 is 9.18 Å². The van der Waals surface area contributed by atoms with Crippen LogP contribution >= 0.6 is 0 Å². The second-order valence-corrected chi connectivity index (χ2v) is 5.09. The molecule has 4 nitrogen and oxygen atoms in total. The molecule has 0 bridgehead atoms. The fraction of sp³-hybridized carbons (Fsp3) is 0.188. The monoisotopic (exact) mass is 287 g/mol. The SMILES string of the molecule is CC(Cc1ccc(F)cc1)NC(=O)c1cc(N)cc(N)c1. The quantitative estimate of drug-likeness (QED) is 0.755. The number of amides is 1. The molecule has 0 heterocycles. The van der Waals surface area contributed by atoms with Crippen molar-refractivity contribution in [2.24, 2.45) is 0 Å². The number of nitrogen functional groups attached to an aromatic ring is 2. The Morgan fingerprint density at radius 2 is 1.71 bits per heavy atom. The maximum absolute atomic E-state index is 12.8. The second-order valence-electron chi connectivity index (χ2n) is 5.09. The Bertz CT molecular complexity index is 620. The largest absolute Gasteiger partial charge is 0.399 e. The van der Waals surface area contributed by atoms with Crippen molar-refractivity contribution in [2.75, 3.05) is 11.5 Å². The number of hydrogen-bond donors (Lipinski definition) is 3. The van der Waals surface area contributed by atoms with Crippen LogP contribution in [0, 0.1) is 5.82 Å². The summed E-state index contributed by atoms with van der Waals surface area (Å²) in [7, 11) is 0. The van der Waals surface area contributed by atoms with Gasteiger partial charge in [0, 0.05) is 23.0 Å². The van der Waals surface area contributed by atoms with Crippen LogP contribution in [-0.2, 0) is 6.42 Å². The number of anilines is 2. The van der Waals surface area contributed by atoms with Crippen LogP contribution in [0.2, 0.25) is 0 Å². The van der Waals surface area contributed by atoms with Gasteiger partial charge in [-0.05, 0) is 49.2 Å². The lowest BCUT2D eigenvalue weighted by Gasteiger charge is -2.14. The van der Waals surface area contributed by atoms with E-state index in [0.717, 1.165) is 5.56 Å². The average molecular weight is 287 g/mol. The minimum Gasteiger partial charge on any atom is -0.399 e. The van der Waals surface area contributed by atoms with E-state index in [1.54, 1.807) is 30.3 Å². The Kier molecular flexibility index (Phi) is 4.42. The fourth-order valence-electron chi connectivity index (χ4n) is 2.14. The number of hydrogen-bond acceptors (Lipinski definition) is 3. The third kappa shape index (κ3) is 4.21. The Balaban J connectivity index is 2.00. The van der Waals surface area contributed by atoms with Gasteiger partial charge in [0.15, 0.2) is 0 Å². The molecule has 2 aromatic carbocycles. The molecule has 0 saturated heterocycles. The summed E-state index contributed by atoms with van der Waals surface area (Å²) in [6.07, 6.45) is 0.615. The van der Waals surface area contributed by atoms with E-state index in [9.17, 15) is 9.18 Å². The van der Waals surface area contributed by atoms with Crippen molar-refractivity contribution >= 4 is 17.3 Å². The van der Waals surface area contributed by atoms with E-state index in [-0.39, 0.29) is 17.8 Å². The third-order valence-corrected chi connectivity index (χ3v) is 3.07. The highest BCUT2D eigenvalue weighted by Crippen LogP contribution is 2.14. The molecule has 0 aromatic heterocycles. The van der Waals surface area contributed by atoms with Crippen LogP contribution in [0.4, 0.5) is 15.8 Å². The second kappa shape index (κ2) is 6.26. The lowest BCUT2D eigenvalue weighted by molar-refractivity contribution is 0.0940. The molecular formula is C16H18FN3O. The molecule has 1 amide bonds. The minimum atomic E-state index is -0.273. The lowest BCUT2D eigenvalue weighted by atomic mass is 10.1. The van der Waals surface area contributed by atoms with Gasteiger partial charge >= 0.3 is 0 Å². The fourth-order valence-corrected chi connectivity index (χ4v) is 2.14. The van der Waals surface area contributed by atoms with E-state index in [0.29, 0.717) is 23.4 Å². The normalized spacial score (nSPS) is 11.9. The Labute approximate surface area is 123 Å². The molecule has 2 aromatic rings. The number of carbonyl (C=O) groups is 1. The molecule has 0 fully saturated rings. The summed E-state index contributed by atoms with van der Waals surface area (Å²) in [5.41, 5.74) is 13.6. The molecule has 5 N–H and O–H groups in total. The van der Waals surface area contributed by atoms with Crippen molar-refractivity contribution in [1.82, 2.24) is 5.32 Å².